The zero-order chi connectivity index (χ0) is 12.3. The third-order valence-electron chi connectivity index (χ3n) is 2.09. The van der Waals surface area contributed by atoms with Gasteiger partial charge in [0, 0.05) is 11.6 Å². The van der Waals surface area contributed by atoms with Crippen LogP contribution in [0.3, 0.4) is 0 Å². The van der Waals surface area contributed by atoms with Gasteiger partial charge in [-0.15, -0.1) is 0 Å². The van der Waals surface area contributed by atoms with Gasteiger partial charge in [-0.05, 0) is 26.3 Å². The van der Waals surface area contributed by atoms with Crippen molar-refractivity contribution in [1.29, 1.82) is 0 Å². The molecule has 0 saturated heterocycles. The van der Waals surface area contributed by atoms with Gasteiger partial charge < -0.3 is 10.4 Å². The van der Waals surface area contributed by atoms with E-state index in [1.165, 1.54) is 6.07 Å². The summed E-state index contributed by atoms with van der Waals surface area (Å²) in [6.45, 7) is 5.75. The lowest BCUT2D eigenvalue weighted by molar-refractivity contribution is 0.0695. The first-order valence-corrected chi connectivity index (χ1v) is 5.52. The summed E-state index contributed by atoms with van der Waals surface area (Å²) in [7, 11) is 0. The number of hydrogen-bond donors (Lipinski definition) is 2. The number of nitrogens with zero attached hydrogens (tertiary/aromatic N) is 1. The van der Waals surface area contributed by atoms with E-state index in [-0.39, 0.29) is 16.8 Å². The van der Waals surface area contributed by atoms with Crippen molar-refractivity contribution in [3.8, 4) is 0 Å². The number of hydrogen-bond acceptors (Lipinski definition) is 3. The molecule has 5 heteroatoms. The summed E-state index contributed by atoms with van der Waals surface area (Å²) < 4.78 is 0. The molecule has 2 N–H and O–H groups in total. The van der Waals surface area contributed by atoms with Gasteiger partial charge in [0.2, 0.25) is 0 Å². The van der Waals surface area contributed by atoms with E-state index in [2.05, 4.69) is 10.3 Å². The molecule has 0 amide bonds. The highest BCUT2D eigenvalue weighted by molar-refractivity contribution is 6.30. The molecule has 4 nitrogen and oxygen atoms in total. The second-order valence-corrected chi connectivity index (χ2v) is 4.14. The number of carboxylic acid groups (broad SMARTS) is 1. The Morgan fingerprint density at radius 1 is 1.62 bits per heavy atom. The molecule has 0 unspecified atom stereocenters. The van der Waals surface area contributed by atoms with Crippen molar-refractivity contribution in [2.75, 3.05) is 5.32 Å². The van der Waals surface area contributed by atoms with E-state index in [0.717, 1.165) is 0 Å². The predicted octanol–water partition coefficient (Wildman–Crippen LogP) is 2.82. The van der Waals surface area contributed by atoms with Crippen molar-refractivity contribution >= 4 is 23.4 Å². The molecule has 88 valence electrons. The number of nitrogens with one attached hydrogen (secondary N) is 1. The Hall–Kier alpha value is -1.29. The summed E-state index contributed by atoms with van der Waals surface area (Å²) in [6.07, 6.45) is 0.551. The van der Waals surface area contributed by atoms with Crippen LogP contribution in [0.25, 0.3) is 0 Å². The Morgan fingerprint density at radius 3 is 2.69 bits per heavy atom. The fourth-order valence-corrected chi connectivity index (χ4v) is 1.76. The summed E-state index contributed by atoms with van der Waals surface area (Å²) in [6, 6.07) is 1.70. The maximum absolute atomic E-state index is 11.1. The molecule has 1 aromatic rings. The molecule has 1 rings (SSSR count). The van der Waals surface area contributed by atoms with Crippen LogP contribution in [0.15, 0.2) is 6.07 Å². The molecule has 0 radical (unpaired) electrons. The van der Waals surface area contributed by atoms with Crippen LogP contribution in [0.1, 0.15) is 36.7 Å². The van der Waals surface area contributed by atoms with Gasteiger partial charge in [-0.25, -0.2) is 9.78 Å². The molecule has 16 heavy (non-hydrogen) atoms. The normalized spacial score (nSPS) is 10.6. The van der Waals surface area contributed by atoms with Gasteiger partial charge in [-0.1, -0.05) is 18.5 Å². The van der Waals surface area contributed by atoms with Crippen molar-refractivity contribution in [3.63, 3.8) is 0 Å². The van der Waals surface area contributed by atoms with E-state index in [4.69, 9.17) is 16.7 Å². The molecule has 0 fully saturated rings. The summed E-state index contributed by atoms with van der Waals surface area (Å²) in [5, 5.41) is 12.4. The highest BCUT2D eigenvalue weighted by Crippen LogP contribution is 2.22. The molecule has 0 saturated carbocycles. The first kappa shape index (κ1) is 12.8. The average Bonchev–Trinajstić information content (AvgIpc) is 2.15. The number of anilines is 1. The summed E-state index contributed by atoms with van der Waals surface area (Å²) in [5.41, 5.74) is 0.786. The Kier molecular flexibility index (Phi) is 4.12. The minimum Gasteiger partial charge on any atom is -0.478 e. The number of pyridine rings is 1. The summed E-state index contributed by atoms with van der Waals surface area (Å²) in [5.74, 6) is -0.484. The standard InChI is InChI=1S/C11H15ClN2O2/c1-4-7-8(11(15)16)5-9(13-6(2)3)14-10(7)12/h5-6H,4H2,1-3H3,(H,13,14)(H,15,16). The molecule has 0 atom stereocenters. The fraction of sp³-hybridized carbons (Fsp3) is 0.455. The first-order chi connectivity index (χ1) is 7.45. The largest absolute Gasteiger partial charge is 0.478 e. The van der Waals surface area contributed by atoms with Crippen molar-refractivity contribution < 1.29 is 9.90 Å². The minimum atomic E-state index is -0.979. The van der Waals surface area contributed by atoms with Crippen LogP contribution < -0.4 is 5.32 Å². The average molecular weight is 243 g/mol. The third-order valence-corrected chi connectivity index (χ3v) is 2.41. The van der Waals surface area contributed by atoms with E-state index < -0.39 is 5.97 Å². The molecule has 0 spiro atoms. The van der Waals surface area contributed by atoms with E-state index in [0.29, 0.717) is 17.8 Å². The molecule has 0 aliphatic carbocycles. The molecular weight excluding hydrogens is 228 g/mol. The van der Waals surface area contributed by atoms with Crippen LogP contribution in [0.4, 0.5) is 5.82 Å². The van der Waals surface area contributed by atoms with E-state index >= 15 is 0 Å². The van der Waals surface area contributed by atoms with Crippen LogP contribution in [0.2, 0.25) is 5.15 Å². The second-order valence-electron chi connectivity index (χ2n) is 3.78. The lowest BCUT2D eigenvalue weighted by atomic mass is 10.1. The monoisotopic (exact) mass is 242 g/mol. The van der Waals surface area contributed by atoms with E-state index in [1.54, 1.807) is 0 Å². The van der Waals surface area contributed by atoms with Crippen molar-refractivity contribution in [1.82, 2.24) is 4.98 Å². The topological polar surface area (TPSA) is 62.2 Å². The van der Waals surface area contributed by atoms with Crippen LogP contribution >= 0.6 is 11.6 Å². The van der Waals surface area contributed by atoms with Gasteiger partial charge in [-0.2, -0.15) is 0 Å². The van der Waals surface area contributed by atoms with Gasteiger partial charge in [0.1, 0.15) is 11.0 Å². The molecule has 0 bridgehead atoms. The summed E-state index contributed by atoms with van der Waals surface area (Å²) >= 11 is 5.95. The van der Waals surface area contributed by atoms with Gasteiger partial charge in [-0.3, -0.25) is 0 Å². The molecule has 1 heterocycles. The maximum Gasteiger partial charge on any atom is 0.336 e. The molecular formula is C11H15ClN2O2. The Morgan fingerprint density at radius 2 is 2.25 bits per heavy atom. The van der Waals surface area contributed by atoms with Crippen molar-refractivity contribution in [2.24, 2.45) is 0 Å². The fourth-order valence-electron chi connectivity index (χ4n) is 1.44. The first-order valence-electron chi connectivity index (χ1n) is 5.15. The molecule has 0 aliphatic heterocycles. The molecule has 0 aromatic carbocycles. The number of carbonyl (C=O) groups is 1. The minimum absolute atomic E-state index is 0.178. The Balaban J connectivity index is 3.22. The highest BCUT2D eigenvalue weighted by Gasteiger charge is 2.15. The van der Waals surface area contributed by atoms with Crippen LogP contribution in [0, 0.1) is 0 Å². The van der Waals surface area contributed by atoms with Crippen LogP contribution in [0.5, 0.6) is 0 Å². The van der Waals surface area contributed by atoms with Crippen LogP contribution in [-0.2, 0) is 6.42 Å². The zero-order valence-electron chi connectivity index (χ0n) is 9.54. The van der Waals surface area contributed by atoms with Crippen LogP contribution in [-0.4, -0.2) is 22.1 Å². The van der Waals surface area contributed by atoms with E-state index in [1.807, 2.05) is 20.8 Å². The number of carboxylic acids is 1. The van der Waals surface area contributed by atoms with Gasteiger partial charge in [0.05, 0.1) is 5.56 Å². The summed E-state index contributed by atoms with van der Waals surface area (Å²) in [4.78, 5) is 15.2. The van der Waals surface area contributed by atoms with Crippen molar-refractivity contribution in [3.05, 3.63) is 22.3 Å². The second kappa shape index (κ2) is 5.16. The maximum atomic E-state index is 11.1. The van der Waals surface area contributed by atoms with Crippen molar-refractivity contribution in [2.45, 2.75) is 33.2 Å². The molecule has 1 aromatic heterocycles. The number of rotatable bonds is 4. The van der Waals surface area contributed by atoms with Gasteiger partial charge in [0.15, 0.2) is 0 Å². The van der Waals surface area contributed by atoms with Gasteiger partial charge >= 0.3 is 5.97 Å². The lowest BCUT2D eigenvalue weighted by Crippen LogP contribution is -2.13. The predicted molar refractivity (Wildman–Crippen MR) is 64.3 cm³/mol. The zero-order valence-corrected chi connectivity index (χ0v) is 10.3. The number of aromatic nitrogens is 1. The van der Waals surface area contributed by atoms with E-state index in [9.17, 15) is 4.79 Å². The smallest absolute Gasteiger partial charge is 0.336 e. The quantitative estimate of drug-likeness (QED) is 0.797. The van der Waals surface area contributed by atoms with Gasteiger partial charge in [0.25, 0.3) is 0 Å². The Bertz CT molecular complexity index is 405. The number of halogens is 1. The third kappa shape index (κ3) is 2.85. The molecule has 0 aliphatic rings. The highest BCUT2D eigenvalue weighted by atomic mass is 35.5. The Labute approximate surface area is 99.6 Å². The lowest BCUT2D eigenvalue weighted by Gasteiger charge is -2.12. The number of aromatic carboxylic acids is 1. The SMILES string of the molecule is CCc1c(C(=O)O)cc(NC(C)C)nc1Cl.